The summed E-state index contributed by atoms with van der Waals surface area (Å²) in [4.78, 5) is 13.2. The van der Waals surface area contributed by atoms with Crippen LogP contribution in [0.3, 0.4) is 0 Å². The molecule has 0 saturated heterocycles. The number of esters is 1. The number of aromatic hydroxyl groups is 1. The minimum atomic E-state index is -0.254. The van der Waals surface area contributed by atoms with Crippen molar-refractivity contribution in [2.75, 3.05) is 6.61 Å². The summed E-state index contributed by atoms with van der Waals surface area (Å²) in [5.41, 5.74) is 4.07. The molecule has 0 aliphatic carbocycles. The highest BCUT2D eigenvalue weighted by Crippen LogP contribution is 2.44. The molecule has 0 aromatic heterocycles. The average Bonchev–Trinajstić information content (AvgIpc) is 2.93. The Morgan fingerprint density at radius 2 is 1.05 bits per heavy atom. The number of phenols is 1. The van der Waals surface area contributed by atoms with Crippen molar-refractivity contribution in [3.05, 3.63) is 53.1 Å². The number of phenolic OH excluding ortho intramolecular Hbond substituents is 1. The molecule has 236 valence electrons. The Hall–Kier alpha value is -2.29. The van der Waals surface area contributed by atoms with Gasteiger partial charge in [-0.05, 0) is 52.1 Å². The van der Waals surface area contributed by atoms with Crippen LogP contribution in [-0.4, -0.2) is 17.7 Å². The third-order valence-corrected chi connectivity index (χ3v) is 8.39. The Bertz CT molecular complexity index is 1020. The second kappa shape index (κ2) is 18.4. The minimum absolute atomic E-state index is 0.220. The van der Waals surface area contributed by atoms with Gasteiger partial charge in [-0.1, -0.05) is 163 Å². The normalized spacial score (nSPS) is 12.1. The lowest BCUT2D eigenvalue weighted by Crippen LogP contribution is -2.21. The fourth-order valence-electron chi connectivity index (χ4n) is 5.82. The van der Waals surface area contributed by atoms with Crippen molar-refractivity contribution >= 4 is 5.97 Å². The molecule has 0 bridgehead atoms. The van der Waals surface area contributed by atoms with Crippen molar-refractivity contribution in [3.8, 4) is 16.9 Å². The van der Waals surface area contributed by atoms with Gasteiger partial charge in [-0.3, -0.25) is 0 Å². The van der Waals surface area contributed by atoms with Crippen LogP contribution in [0.25, 0.3) is 11.1 Å². The van der Waals surface area contributed by atoms with Crippen LogP contribution < -0.4 is 0 Å². The zero-order valence-electron chi connectivity index (χ0n) is 28.2. The van der Waals surface area contributed by atoms with Crippen LogP contribution in [0.15, 0.2) is 36.4 Å². The van der Waals surface area contributed by atoms with E-state index >= 15 is 0 Å². The van der Waals surface area contributed by atoms with Crippen molar-refractivity contribution in [3.63, 3.8) is 0 Å². The molecule has 0 aliphatic heterocycles. The highest BCUT2D eigenvalue weighted by molar-refractivity contribution is 5.92. The van der Waals surface area contributed by atoms with Crippen molar-refractivity contribution in [1.29, 1.82) is 0 Å². The Morgan fingerprint density at radius 1 is 0.643 bits per heavy atom. The highest BCUT2D eigenvalue weighted by atomic mass is 16.5. The van der Waals surface area contributed by atoms with E-state index in [4.69, 9.17) is 4.74 Å². The van der Waals surface area contributed by atoms with Gasteiger partial charge < -0.3 is 9.84 Å². The lowest BCUT2D eigenvalue weighted by molar-refractivity contribution is 0.0497. The quantitative estimate of drug-likeness (QED) is 0.133. The molecule has 0 radical (unpaired) electrons. The molecule has 1 N–H and O–H groups in total. The smallest absolute Gasteiger partial charge is 0.338 e. The molecule has 2 rings (SSSR count). The van der Waals surface area contributed by atoms with Crippen LogP contribution in [0.5, 0.6) is 5.75 Å². The summed E-state index contributed by atoms with van der Waals surface area (Å²) in [5.74, 6) is 0.00289. The molecule has 2 aromatic rings. The zero-order chi connectivity index (χ0) is 31.0. The predicted octanol–water partition coefficient (Wildman–Crippen LogP) is 12.1. The van der Waals surface area contributed by atoms with Gasteiger partial charge in [0.15, 0.2) is 0 Å². The summed E-state index contributed by atoms with van der Waals surface area (Å²) in [6, 6.07) is 11.4. The van der Waals surface area contributed by atoms with Crippen LogP contribution >= 0.6 is 0 Å². The molecule has 0 unspecified atom stereocenters. The number of carbonyl (C=O) groups is 1. The van der Waals surface area contributed by atoms with E-state index in [1.54, 1.807) is 6.07 Å². The first-order valence-electron chi connectivity index (χ1n) is 17.1. The van der Waals surface area contributed by atoms with Crippen LogP contribution in [-0.2, 0) is 15.6 Å². The number of hydrogen-bond donors (Lipinski definition) is 1. The summed E-state index contributed by atoms with van der Waals surface area (Å²) in [6.07, 6.45) is 21.2. The first-order chi connectivity index (χ1) is 20.0. The molecule has 42 heavy (non-hydrogen) atoms. The third-order valence-electron chi connectivity index (χ3n) is 8.39. The summed E-state index contributed by atoms with van der Waals surface area (Å²) < 4.78 is 5.76. The van der Waals surface area contributed by atoms with E-state index in [0.29, 0.717) is 12.2 Å². The van der Waals surface area contributed by atoms with Gasteiger partial charge in [0.05, 0.1) is 12.2 Å². The van der Waals surface area contributed by atoms with E-state index in [9.17, 15) is 9.90 Å². The lowest BCUT2D eigenvalue weighted by atomic mass is 9.73. The minimum Gasteiger partial charge on any atom is -0.507 e. The number of benzene rings is 2. The Balaban J connectivity index is 1.79. The molecular weight excluding hydrogens is 516 g/mol. The van der Waals surface area contributed by atoms with Crippen LogP contribution in [0, 0.1) is 0 Å². The van der Waals surface area contributed by atoms with E-state index in [-0.39, 0.29) is 22.5 Å². The fraction of sp³-hybridized carbons (Fsp3) is 0.667. The number of carbonyl (C=O) groups excluding carboxylic acids is 1. The van der Waals surface area contributed by atoms with Crippen molar-refractivity contribution in [2.45, 2.75) is 162 Å². The van der Waals surface area contributed by atoms with Gasteiger partial charge in [-0.15, -0.1) is 0 Å². The molecule has 0 atom stereocenters. The SMILES string of the molecule is CCCCCCCCCCCCCCCCCCOC(=O)c1cc(C(C)(C)C)c(-c2ccccc2O)c(C(C)(C)C)c1. The number of ether oxygens (including phenoxy) is 1. The summed E-state index contributed by atoms with van der Waals surface area (Å²) >= 11 is 0. The first-order valence-corrected chi connectivity index (χ1v) is 17.1. The zero-order valence-corrected chi connectivity index (χ0v) is 28.2. The molecular formula is C39H62O3. The molecule has 0 heterocycles. The van der Waals surface area contributed by atoms with Crippen molar-refractivity contribution < 1.29 is 14.6 Å². The second-order valence-electron chi connectivity index (χ2n) is 14.4. The number of hydrogen-bond acceptors (Lipinski definition) is 3. The summed E-state index contributed by atoms with van der Waals surface area (Å²) in [7, 11) is 0. The Labute approximate surface area is 258 Å². The molecule has 0 fully saturated rings. The van der Waals surface area contributed by atoms with Crippen molar-refractivity contribution in [1.82, 2.24) is 0 Å². The van der Waals surface area contributed by atoms with Gasteiger partial charge in [0.2, 0.25) is 0 Å². The van der Waals surface area contributed by atoms with E-state index in [0.717, 1.165) is 35.1 Å². The van der Waals surface area contributed by atoms with Gasteiger partial charge in [0.1, 0.15) is 5.75 Å². The van der Waals surface area contributed by atoms with Crippen LogP contribution in [0.1, 0.15) is 173 Å². The van der Waals surface area contributed by atoms with Gasteiger partial charge >= 0.3 is 5.97 Å². The molecule has 0 saturated carbocycles. The molecule has 2 aromatic carbocycles. The fourth-order valence-corrected chi connectivity index (χ4v) is 5.82. The van der Waals surface area contributed by atoms with Crippen LogP contribution in [0.2, 0.25) is 0 Å². The largest absolute Gasteiger partial charge is 0.507 e. The summed E-state index contributed by atoms with van der Waals surface area (Å²) in [5, 5.41) is 10.7. The monoisotopic (exact) mass is 578 g/mol. The average molecular weight is 579 g/mol. The van der Waals surface area contributed by atoms with Gasteiger partial charge in [-0.25, -0.2) is 4.79 Å². The Morgan fingerprint density at radius 3 is 1.45 bits per heavy atom. The molecule has 3 heteroatoms. The maximum atomic E-state index is 13.2. The Kier molecular flexibility index (Phi) is 15.7. The second-order valence-corrected chi connectivity index (χ2v) is 14.4. The van der Waals surface area contributed by atoms with E-state index in [1.165, 1.54) is 89.9 Å². The molecule has 0 spiro atoms. The third kappa shape index (κ3) is 12.5. The van der Waals surface area contributed by atoms with Gasteiger partial charge in [0.25, 0.3) is 0 Å². The van der Waals surface area contributed by atoms with Crippen molar-refractivity contribution in [2.24, 2.45) is 0 Å². The highest BCUT2D eigenvalue weighted by Gasteiger charge is 2.29. The number of para-hydroxylation sites is 1. The maximum absolute atomic E-state index is 13.2. The van der Waals surface area contributed by atoms with E-state index in [1.807, 2.05) is 30.3 Å². The molecule has 3 nitrogen and oxygen atoms in total. The number of rotatable bonds is 19. The standard InChI is InChI=1S/C39H62O3/c1-8-9-10-11-12-13-14-15-16-17-18-19-20-21-22-25-28-42-37(41)31-29-33(38(2,3)4)36(34(30-31)39(5,6)7)32-26-23-24-27-35(32)40/h23-24,26-27,29-30,40H,8-22,25,28H2,1-7H3. The predicted molar refractivity (Wildman–Crippen MR) is 181 cm³/mol. The van der Waals surface area contributed by atoms with E-state index in [2.05, 4.69) is 48.5 Å². The molecule has 0 amide bonds. The first kappa shape index (κ1) is 35.9. The maximum Gasteiger partial charge on any atom is 0.338 e. The van der Waals surface area contributed by atoms with Gasteiger partial charge in [0, 0.05) is 5.56 Å². The number of unbranched alkanes of at least 4 members (excludes halogenated alkanes) is 15. The topological polar surface area (TPSA) is 46.5 Å². The molecule has 0 aliphatic rings. The lowest BCUT2D eigenvalue weighted by Gasteiger charge is -2.31. The summed E-state index contributed by atoms with van der Waals surface area (Å²) in [6.45, 7) is 15.7. The van der Waals surface area contributed by atoms with Gasteiger partial charge in [-0.2, -0.15) is 0 Å². The van der Waals surface area contributed by atoms with Crippen LogP contribution in [0.4, 0.5) is 0 Å². The van der Waals surface area contributed by atoms with E-state index < -0.39 is 0 Å².